The topological polar surface area (TPSA) is 119 Å². The van der Waals surface area contributed by atoms with Crippen molar-refractivity contribution in [3.63, 3.8) is 0 Å². The molecule has 3 aromatic heterocycles. The molecule has 3 aromatic carbocycles. The number of carbonyl (C=O) groups is 1. The lowest BCUT2D eigenvalue weighted by Crippen LogP contribution is -2.34. The highest BCUT2D eigenvalue weighted by molar-refractivity contribution is 6.12. The molecule has 0 saturated heterocycles. The summed E-state index contributed by atoms with van der Waals surface area (Å²) in [5.74, 6) is 6.04. The normalized spacial score (nSPS) is 12.2. The molecule has 0 spiro atoms. The van der Waals surface area contributed by atoms with Gasteiger partial charge >= 0.3 is 0 Å². The van der Waals surface area contributed by atoms with E-state index in [1.165, 1.54) is 42.4 Å². The molecule has 0 atom stereocenters. The van der Waals surface area contributed by atoms with Crippen LogP contribution in [0.1, 0.15) is 10.4 Å². The van der Waals surface area contributed by atoms with Crippen molar-refractivity contribution in [1.82, 2.24) is 14.9 Å². The van der Waals surface area contributed by atoms with Crippen LogP contribution in [0.2, 0.25) is 0 Å². The molecule has 43 heavy (non-hydrogen) atoms. The van der Waals surface area contributed by atoms with Crippen molar-refractivity contribution in [2.75, 3.05) is 25.2 Å². The molecule has 6 aromatic rings. The predicted octanol–water partition coefficient (Wildman–Crippen LogP) is 5.44. The lowest BCUT2D eigenvalue weighted by molar-refractivity contribution is 0.0964. The van der Waals surface area contributed by atoms with Crippen molar-refractivity contribution in [1.29, 1.82) is 0 Å². The van der Waals surface area contributed by atoms with Gasteiger partial charge in [0.1, 0.15) is 34.4 Å². The Labute approximate surface area is 243 Å². The third-order valence-electron chi connectivity index (χ3n) is 7.64. The van der Waals surface area contributed by atoms with Crippen molar-refractivity contribution in [2.24, 2.45) is 5.84 Å². The molecule has 0 aliphatic carbocycles. The summed E-state index contributed by atoms with van der Waals surface area (Å²) in [6.45, 7) is 0.0960. The number of nitrogens with one attached hydrogen (secondary N) is 1. The van der Waals surface area contributed by atoms with Crippen LogP contribution in [0, 0.1) is 11.6 Å². The molecule has 4 heterocycles. The number of anilines is 1. The fraction of sp³-hybridized carbons (Fsp3) is 0.125. The first-order valence-electron chi connectivity index (χ1n) is 13.5. The van der Waals surface area contributed by atoms with Gasteiger partial charge < -0.3 is 29.2 Å². The van der Waals surface area contributed by atoms with Crippen LogP contribution < -0.4 is 20.9 Å². The summed E-state index contributed by atoms with van der Waals surface area (Å²) in [5.41, 5.74) is 4.58. The van der Waals surface area contributed by atoms with Crippen LogP contribution in [0.3, 0.4) is 0 Å². The van der Waals surface area contributed by atoms with Gasteiger partial charge in [-0.1, -0.05) is 6.07 Å². The first-order chi connectivity index (χ1) is 20.9. The standard InChI is InChI=1S/C32H25F2N5O4/c1-36-32(41)29-21-13-20(25(39(35)11-12-40)15-28(21)43-31(29)17-5-7-18(33)8-6-17)23-9-10-27-30(37-23)26-14-19-22(34)3-2-4-24(19)38(26)16-42-27/h2-10,13-15,40H,11-12,16,35H2,1H3,(H,36,41). The molecule has 1 amide bonds. The number of aromatic nitrogens is 2. The zero-order valence-corrected chi connectivity index (χ0v) is 22.9. The Hall–Kier alpha value is -5.26. The highest BCUT2D eigenvalue weighted by Crippen LogP contribution is 2.43. The molecular formula is C32H25F2N5O4. The summed E-state index contributed by atoms with van der Waals surface area (Å²) in [7, 11) is 1.51. The van der Waals surface area contributed by atoms with Crippen molar-refractivity contribution in [2.45, 2.75) is 6.73 Å². The van der Waals surface area contributed by atoms with Gasteiger partial charge in [-0.2, -0.15) is 0 Å². The van der Waals surface area contributed by atoms with Gasteiger partial charge in [0, 0.05) is 35.0 Å². The lowest BCUT2D eigenvalue weighted by Gasteiger charge is -2.23. The Morgan fingerprint density at radius 1 is 1.09 bits per heavy atom. The van der Waals surface area contributed by atoms with Gasteiger partial charge in [0.25, 0.3) is 5.91 Å². The van der Waals surface area contributed by atoms with E-state index in [9.17, 15) is 18.7 Å². The van der Waals surface area contributed by atoms with E-state index in [0.717, 1.165) is 0 Å². The zero-order chi connectivity index (χ0) is 29.8. The van der Waals surface area contributed by atoms with Gasteiger partial charge in [0.05, 0.1) is 41.3 Å². The maximum Gasteiger partial charge on any atom is 0.255 e. The summed E-state index contributed by atoms with van der Waals surface area (Å²) < 4.78 is 42.4. The predicted molar refractivity (Wildman–Crippen MR) is 158 cm³/mol. The second kappa shape index (κ2) is 10.2. The number of hydrogen-bond donors (Lipinski definition) is 3. The monoisotopic (exact) mass is 581 g/mol. The number of ether oxygens (including phenoxy) is 1. The van der Waals surface area contributed by atoms with Crippen LogP contribution in [-0.2, 0) is 6.73 Å². The average Bonchev–Trinajstić information content (AvgIpc) is 3.60. The van der Waals surface area contributed by atoms with Crippen LogP contribution in [0.5, 0.6) is 5.75 Å². The maximum atomic E-state index is 14.7. The molecule has 0 radical (unpaired) electrons. The second-order valence-electron chi connectivity index (χ2n) is 10.1. The van der Waals surface area contributed by atoms with E-state index >= 15 is 0 Å². The second-order valence-corrected chi connectivity index (χ2v) is 10.1. The summed E-state index contributed by atoms with van der Waals surface area (Å²) >= 11 is 0. The third-order valence-corrected chi connectivity index (χ3v) is 7.64. The molecule has 0 saturated carbocycles. The van der Waals surface area contributed by atoms with Gasteiger partial charge in [-0.15, -0.1) is 0 Å². The van der Waals surface area contributed by atoms with E-state index in [1.54, 1.807) is 36.4 Å². The van der Waals surface area contributed by atoms with Crippen molar-refractivity contribution < 1.29 is 27.8 Å². The maximum absolute atomic E-state index is 14.7. The van der Waals surface area contributed by atoms with Gasteiger partial charge in [-0.25, -0.2) is 19.6 Å². The van der Waals surface area contributed by atoms with E-state index in [-0.39, 0.29) is 37.0 Å². The van der Waals surface area contributed by atoms with Gasteiger partial charge in [0.15, 0.2) is 6.73 Å². The SMILES string of the molecule is CNC(=O)c1c(-c2ccc(F)cc2)oc2cc(N(N)CCO)c(-c3ccc4c(n3)-c3cc5c(F)cccc5n3CO4)cc12. The Balaban J connectivity index is 1.46. The number of benzene rings is 3. The molecular weight excluding hydrogens is 556 g/mol. The molecule has 4 N–H and O–H groups in total. The van der Waals surface area contributed by atoms with E-state index in [2.05, 4.69) is 5.32 Å². The number of aliphatic hydroxyl groups is 1. The number of halogens is 2. The van der Waals surface area contributed by atoms with Crippen LogP contribution in [0.25, 0.3) is 55.8 Å². The Bertz CT molecular complexity index is 2050. The zero-order valence-electron chi connectivity index (χ0n) is 22.9. The molecule has 7 rings (SSSR count). The fourth-order valence-electron chi connectivity index (χ4n) is 5.57. The Morgan fingerprint density at radius 2 is 1.91 bits per heavy atom. The molecule has 0 fully saturated rings. The molecule has 1 aliphatic heterocycles. The number of aliphatic hydroxyl groups excluding tert-OH is 1. The van der Waals surface area contributed by atoms with Crippen molar-refractivity contribution in [3.8, 4) is 39.7 Å². The van der Waals surface area contributed by atoms with E-state index in [0.29, 0.717) is 61.5 Å². The summed E-state index contributed by atoms with van der Waals surface area (Å²) in [5, 5.41) is 14.6. The summed E-state index contributed by atoms with van der Waals surface area (Å²) in [6.07, 6.45) is 0. The van der Waals surface area contributed by atoms with Crippen LogP contribution in [-0.4, -0.2) is 40.8 Å². The minimum Gasteiger partial charge on any atom is -0.470 e. The molecule has 11 heteroatoms. The number of furan rings is 1. The number of fused-ring (bicyclic) bond motifs is 6. The smallest absolute Gasteiger partial charge is 0.255 e. The summed E-state index contributed by atoms with van der Waals surface area (Å²) in [6, 6.07) is 19.3. The Morgan fingerprint density at radius 3 is 2.67 bits per heavy atom. The highest BCUT2D eigenvalue weighted by Gasteiger charge is 2.27. The van der Waals surface area contributed by atoms with Crippen LogP contribution in [0.15, 0.2) is 77.2 Å². The average molecular weight is 582 g/mol. The number of nitrogens with zero attached hydrogens (tertiary/aromatic N) is 3. The van der Waals surface area contributed by atoms with Gasteiger partial charge in [0.2, 0.25) is 0 Å². The summed E-state index contributed by atoms with van der Waals surface area (Å²) in [4.78, 5) is 18.1. The number of pyridine rings is 1. The van der Waals surface area contributed by atoms with Crippen LogP contribution in [0.4, 0.5) is 14.5 Å². The van der Waals surface area contributed by atoms with Crippen molar-refractivity contribution in [3.05, 3.63) is 90.0 Å². The molecule has 0 unspecified atom stereocenters. The molecule has 0 bridgehead atoms. The molecule has 9 nitrogen and oxygen atoms in total. The van der Waals surface area contributed by atoms with E-state index in [4.69, 9.17) is 20.0 Å². The van der Waals surface area contributed by atoms with Crippen molar-refractivity contribution >= 4 is 33.5 Å². The van der Waals surface area contributed by atoms with Crippen LogP contribution >= 0.6 is 0 Å². The molecule has 216 valence electrons. The number of hydrogen-bond acceptors (Lipinski definition) is 7. The first kappa shape index (κ1) is 26.6. The first-order valence-corrected chi connectivity index (χ1v) is 13.5. The van der Waals surface area contributed by atoms with Gasteiger partial charge in [-0.3, -0.25) is 4.79 Å². The lowest BCUT2D eigenvalue weighted by atomic mass is 10.00. The number of carbonyl (C=O) groups excluding carboxylic acids is 1. The minimum absolute atomic E-state index is 0.105. The quantitative estimate of drug-likeness (QED) is 0.177. The molecule has 1 aliphatic rings. The number of nitrogens with two attached hydrogens (primary N) is 1. The Kier molecular flexibility index (Phi) is 6.33. The van der Waals surface area contributed by atoms with E-state index in [1.807, 2.05) is 10.6 Å². The van der Waals surface area contributed by atoms with E-state index < -0.39 is 11.7 Å². The highest BCUT2D eigenvalue weighted by atomic mass is 19.1. The fourth-order valence-corrected chi connectivity index (χ4v) is 5.57. The van der Waals surface area contributed by atoms with Gasteiger partial charge in [-0.05, 0) is 60.7 Å². The number of rotatable bonds is 6. The largest absolute Gasteiger partial charge is 0.470 e. The number of amides is 1. The number of hydrazine groups is 1. The minimum atomic E-state index is -0.419. The third kappa shape index (κ3) is 4.28.